The summed E-state index contributed by atoms with van der Waals surface area (Å²) in [5, 5.41) is 9.22. The predicted octanol–water partition coefficient (Wildman–Crippen LogP) is 1.83. The smallest absolute Gasteiger partial charge is 0.501 e. The fourth-order valence-electron chi connectivity index (χ4n) is 1.37. The number of benzene rings is 1. The van der Waals surface area contributed by atoms with Crippen molar-refractivity contribution in [3.05, 3.63) is 17.7 Å². The van der Waals surface area contributed by atoms with Crippen molar-refractivity contribution in [3.8, 4) is 5.75 Å². The van der Waals surface area contributed by atoms with Crippen molar-refractivity contribution < 1.29 is 26.7 Å². The summed E-state index contributed by atoms with van der Waals surface area (Å²) in [5.74, 6) is -0.442. The van der Waals surface area contributed by atoms with E-state index in [0.717, 1.165) is 6.07 Å². The highest BCUT2D eigenvalue weighted by atomic mass is 32.2. The molecule has 0 fully saturated rings. The molecule has 0 aliphatic heterocycles. The van der Waals surface area contributed by atoms with E-state index >= 15 is 0 Å². The van der Waals surface area contributed by atoms with Crippen LogP contribution in [0.25, 0.3) is 0 Å². The van der Waals surface area contributed by atoms with Gasteiger partial charge < -0.3 is 10.8 Å². The average Bonchev–Trinajstić information content (AvgIpc) is 2.19. The average molecular weight is 269 g/mol. The maximum atomic E-state index is 12.4. The lowest BCUT2D eigenvalue weighted by Gasteiger charge is -2.14. The standard InChI is InChI=1S/C9H10F3NO3S/c1-2-5-7(4-3-6(14)8(5)13)17(15,16)9(10,11)12/h3-4,14H,2,13H2,1H3. The Labute approximate surface area is 95.8 Å². The largest absolute Gasteiger partial charge is 0.506 e. The van der Waals surface area contributed by atoms with Gasteiger partial charge in [-0.3, -0.25) is 0 Å². The number of sulfone groups is 1. The lowest BCUT2D eigenvalue weighted by atomic mass is 10.1. The quantitative estimate of drug-likeness (QED) is 0.634. The number of hydrogen-bond acceptors (Lipinski definition) is 4. The number of alkyl halides is 3. The summed E-state index contributed by atoms with van der Waals surface area (Å²) < 4.78 is 59.6. The summed E-state index contributed by atoms with van der Waals surface area (Å²) in [7, 11) is -5.45. The van der Waals surface area contributed by atoms with E-state index in [1.807, 2.05) is 0 Å². The van der Waals surface area contributed by atoms with E-state index in [4.69, 9.17) is 5.73 Å². The molecule has 0 aliphatic rings. The fraction of sp³-hybridized carbons (Fsp3) is 0.333. The Balaban J connectivity index is 3.60. The number of aromatic hydroxyl groups is 1. The Morgan fingerprint density at radius 3 is 2.29 bits per heavy atom. The van der Waals surface area contributed by atoms with Gasteiger partial charge in [0.05, 0.1) is 10.6 Å². The summed E-state index contributed by atoms with van der Waals surface area (Å²) in [5.41, 5.74) is -0.620. The van der Waals surface area contributed by atoms with Gasteiger partial charge in [0.1, 0.15) is 5.75 Å². The van der Waals surface area contributed by atoms with Crippen molar-refractivity contribution in [2.75, 3.05) is 5.73 Å². The van der Waals surface area contributed by atoms with Crippen LogP contribution in [0.1, 0.15) is 12.5 Å². The molecule has 0 spiro atoms. The Morgan fingerprint density at radius 1 is 1.35 bits per heavy atom. The first-order valence-corrected chi connectivity index (χ1v) is 6.03. The van der Waals surface area contributed by atoms with Gasteiger partial charge in [-0.05, 0) is 24.1 Å². The first-order valence-electron chi connectivity index (χ1n) is 4.54. The van der Waals surface area contributed by atoms with Crippen LogP contribution < -0.4 is 5.73 Å². The molecule has 4 nitrogen and oxygen atoms in total. The first kappa shape index (κ1) is 13.6. The molecular weight excluding hydrogens is 259 g/mol. The highest BCUT2D eigenvalue weighted by molar-refractivity contribution is 7.92. The maximum absolute atomic E-state index is 12.4. The molecule has 0 unspecified atom stereocenters. The highest BCUT2D eigenvalue weighted by Crippen LogP contribution is 2.37. The Kier molecular flexibility index (Phi) is 3.28. The van der Waals surface area contributed by atoms with Gasteiger partial charge in [0.15, 0.2) is 0 Å². The lowest BCUT2D eigenvalue weighted by Crippen LogP contribution is -2.24. The van der Waals surface area contributed by atoms with Gasteiger partial charge in [0, 0.05) is 0 Å². The third-order valence-corrected chi connectivity index (χ3v) is 3.81. The van der Waals surface area contributed by atoms with Gasteiger partial charge in [-0.2, -0.15) is 13.2 Å². The summed E-state index contributed by atoms with van der Waals surface area (Å²) in [6, 6.07) is 1.53. The van der Waals surface area contributed by atoms with E-state index in [0.29, 0.717) is 6.07 Å². The van der Waals surface area contributed by atoms with Gasteiger partial charge >= 0.3 is 5.51 Å². The molecule has 0 atom stereocenters. The van der Waals surface area contributed by atoms with Crippen molar-refractivity contribution in [3.63, 3.8) is 0 Å². The molecule has 0 amide bonds. The minimum absolute atomic E-state index is 0.0368. The van der Waals surface area contributed by atoms with Crippen LogP contribution in [0.3, 0.4) is 0 Å². The summed E-state index contributed by atoms with van der Waals surface area (Å²) in [4.78, 5) is -0.914. The van der Waals surface area contributed by atoms with Crippen molar-refractivity contribution in [2.24, 2.45) is 0 Å². The predicted molar refractivity (Wildman–Crippen MR) is 55.1 cm³/mol. The molecule has 0 radical (unpaired) electrons. The number of rotatable bonds is 2. The van der Waals surface area contributed by atoms with Crippen molar-refractivity contribution in [1.82, 2.24) is 0 Å². The summed E-state index contributed by atoms with van der Waals surface area (Å²) in [6.45, 7) is 1.44. The minimum Gasteiger partial charge on any atom is -0.506 e. The van der Waals surface area contributed by atoms with Crippen LogP contribution in [-0.2, 0) is 16.3 Å². The monoisotopic (exact) mass is 269 g/mol. The number of halogens is 3. The van der Waals surface area contributed by atoms with Gasteiger partial charge in [0.25, 0.3) is 9.84 Å². The number of anilines is 1. The molecule has 96 valence electrons. The number of nitrogen functional groups attached to an aromatic ring is 1. The molecule has 0 heterocycles. The summed E-state index contributed by atoms with van der Waals surface area (Å²) >= 11 is 0. The normalized spacial score (nSPS) is 12.7. The fourth-order valence-corrected chi connectivity index (χ4v) is 2.45. The molecule has 0 aliphatic carbocycles. The SMILES string of the molecule is CCc1c(S(=O)(=O)C(F)(F)F)ccc(O)c1N. The highest BCUT2D eigenvalue weighted by Gasteiger charge is 2.48. The van der Waals surface area contributed by atoms with Gasteiger partial charge in [-0.25, -0.2) is 8.42 Å². The molecule has 0 bridgehead atoms. The lowest BCUT2D eigenvalue weighted by molar-refractivity contribution is -0.0436. The van der Waals surface area contributed by atoms with E-state index in [1.165, 1.54) is 6.92 Å². The summed E-state index contributed by atoms with van der Waals surface area (Å²) in [6.07, 6.45) is -0.0368. The molecular formula is C9H10F3NO3S. The van der Waals surface area contributed by atoms with Crippen LogP contribution in [0.4, 0.5) is 18.9 Å². The number of hydrogen-bond donors (Lipinski definition) is 2. The van der Waals surface area contributed by atoms with Gasteiger partial charge in [0.2, 0.25) is 0 Å². The van der Waals surface area contributed by atoms with Crippen LogP contribution in [0.2, 0.25) is 0 Å². The third-order valence-electron chi connectivity index (χ3n) is 2.24. The second kappa shape index (κ2) is 4.10. The van der Waals surface area contributed by atoms with Gasteiger partial charge in [-0.1, -0.05) is 6.92 Å². The Bertz CT molecular complexity index is 537. The van der Waals surface area contributed by atoms with Crippen LogP contribution >= 0.6 is 0 Å². The maximum Gasteiger partial charge on any atom is 0.501 e. The van der Waals surface area contributed by atoms with E-state index in [-0.39, 0.29) is 17.7 Å². The third kappa shape index (κ3) is 2.17. The molecule has 1 aromatic carbocycles. The molecule has 1 aromatic rings. The van der Waals surface area contributed by atoms with Crippen LogP contribution in [-0.4, -0.2) is 19.0 Å². The van der Waals surface area contributed by atoms with Crippen molar-refractivity contribution >= 4 is 15.5 Å². The van der Waals surface area contributed by atoms with Crippen LogP contribution in [0.15, 0.2) is 17.0 Å². The minimum atomic E-state index is -5.45. The van der Waals surface area contributed by atoms with E-state index < -0.39 is 26.0 Å². The molecule has 3 N–H and O–H groups in total. The number of nitrogens with two attached hydrogens (primary N) is 1. The molecule has 0 saturated carbocycles. The zero-order valence-corrected chi connectivity index (χ0v) is 9.56. The van der Waals surface area contributed by atoms with E-state index in [9.17, 15) is 26.7 Å². The van der Waals surface area contributed by atoms with Crippen LogP contribution in [0.5, 0.6) is 5.75 Å². The van der Waals surface area contributed by atoms with Gasteiger partial charge in [-0.15, -0.1) is 0 Å². The van der Waals surface area contributed by atoms with Crippen molar-refractivity contribution in [1.29, 1.82) is 0 Å². The first-order chi connectivity index (χ1) is 7.63. The zero-order valence-electron chi connectivity index (χ0n) is 8.75. The second-order valence-corrected chi connectivity index (χ2v) is 5.19. The zero-order chi connectivity index (χ0) is 13.4. The Hall–Kier alpha value is -1.44. The van der Waals surface area contributed by atoms with E-state index in [2.05, 4.69) is 0 Å². The topological polar surface area (TPSA) is 80.4 Å². The van der Waals surface area contributed by atoms with Crippen molar-refractivity contribution in [2.45, 2.75) is 23.7 Å². The molecule has 8 heteroatoms. The molecule has 0 saturated heterocycles. The number of phenols is 1. The molecule has 17 heavy (non-hydrogen) atoms. The number of phenolic OH excluding ortho intramolecular Hbond substituents is 1. The van der Waals surface area contributed by atoms with E-state index in [1.54, 1.807) is 0 Å². The van der Waals surface area contributed by atoms with Crippen LogP contribution in [0, 0.1) is 0 Å². The molecule has 0 aromatic heterocycles. The Morgan fingerprint density at radius 2 is 1.88 bits per heavy atom. The molecule has 1 rings (SSSR count). The second-order valence-electron chi connectivity index (χ2n) is 3.28.